The second-order valence-electron chi connectivity index (χ2n) is 9.80. The van der Waals surface area contributed by atoms with E-state index in [-0.39, 0.29) is 0 Å². The molecular weight excluding hydrogens is 513 g/mol. The number of fused-ring (bicyclic) bond motifs is 8. The molecule has 0 unspecified atom stereocenters. The van der Waals surface area contributed by atoms with Gasteiger partial charge in [0.1, 0.15) is 0 Å². The van der Waals surface area contributed by atoms with Crippen molar-refractivity contribution in [2.24, 2.45) is 0 Å². The standard InChI is InChI=1S/C35H22N2S2/c1-3-13-31-25(9-1)35(27-17-15-23(21-33(27)38-31)29-11-5-7-19-36-29)26-10-2-4-14-32(26)39-34-22-24(16-18-28(34)35)30-12-6-8-20-37-30/h1-22H. The molecule has 6 aromatic rings. The molecule has 1 spiro atoms. The highest BCUT2D eigenvalue weighted by atomic mass is 32.2. The Kier molecular flexibility index (Phi) is 5.25. The Morgan fingerprint density at radius 3 is 1.31 bits per heavy atom. The molecular formula is C35H22N2S2. The summed E-state index contributed by atoms with van der Waals surface area (Å²) in [5, 5.41) is 0. The van der Waals surface area contributed by atoms with Crippen LogP contribution >= 0.6 is 23.5 Å². The van der Waals surface area contributed by atoms with Gasteiger partial charge in [0.25, 0.3) is 0 Å². The van der Waals surface area contributed by atoms with Crippen LogP contribution in [-0.2, 0) is 5.41 Å². The van der Waals surface area contributed by atoms with E-state index >= 15 is 0 Å². The summed E-state index contributed by atoms with van der Waals surface area (Å²) in [6, 6.07) is 43.9. The maximum absolute atomic E-state index is 4.64. The van der Waals surface area contributed by atoms with Gasteiger partial charge in [-0.15, -0.1) is 0 Å². The lowest BCUT2D eigenvalue weighted by molar-refractivity contribution is 0.667. The first kappa shape index (κ1) is 22.8. The average molecular weight is 535 g/mol. The van der Waals surface area contributed by atoms with Crippen molar-refractivity contribution in [2.75, 3.05) is 0 Å². The first-order chi connectivity index (χ1) is 19.3. The van der Waals surface area contributed by atoms with Gasteiger partial charge in [-0.05, 0) is 70.8 Å². The molecule has 0 saturated heterocycles. The van der Waals surface area contributed by atoms with Crippen molar-refractivity contribution in [1.82, 2.24) is 9.97 Å². The first-order valence-corrected chi connectivity index (χ1v) is 14.6. The molecule has 184 valence electrons. The average Bonchev–Trinajstić information content (AvgIpc) is 3.01. The van der Waals surface area contributed by atoms with E-state index in [1.54, 1.807) is 0 Å². The highest BCUT2D eigenvalue weighted by Crippen LogP contribution is 2.62. The molecule has 0 atom stereocenters. The van der Waals surface area contributed by atoms with Crippen LogP contribution < -0.4 is 0 Å². The van der Waals surface area contributed by atoms with Gasteiger partial charge >= 0.3 is 0 Å². The fraction of sp³-hybridized carbons (Fsp3) is 0.0286. The Labute approximate surface area is 236 Å². The molecule has 4 heteroatoms. The minimum Gasteiger partial charge on any atom is -0.256 e. The molecule has 4 heterocycles. The Bertz CT molecular complexity index is 1730. The molecule has 2 aromatic heterocycles. The van der Waals surface area contributed by atoms with Crippen molar-refractivity contribution in [2.45, 2.75) is 25.0 Å². The van der Waals surface area contributed by atoms with Crippen LogP contribution in [0.25, 0.3) is 22.5 Å². The quantitative estimate of drug-likeness (QED) is 0.221. The molecule has 2 nitrogen and oxygen atoms in total. The van der Waals surface area contributed by atoms with Gasteiger partial charge in [-0.25, -0.2) is 0 Å². The summed E-state index contributed by atoms with van der Waals surface area (Å²) in [7, 11) is 0. The molecule has 0 aliphatic carbocycles. The summed E-state index contributed by atoms with van der Waals surface area (Å²) >= 11 is 3.73. The van der Waals surface area contributed by atoms with E-state index in [0.29, 0.717) is 0 Å². The predicted molar refractivity (Wildman–Crippen MR) is 159 cm³/mol. The molecule has 2 aliphatic rings. The Hall–Kier alpha value is -4.12. The van der Waals surface area contributed by atoms with Crippen LogP contribution in [-0.4, -0.2) is 9.97 Å². The van der Waals surface area contributed by atoms with Crippen molar-refractivity contribution in [1.29, 1.82) is 0 Å². The van der Waals surface area contributed by atoms with Crippen LogP contribution in [0.5, 0.6) is 0 Å². The van der Waals surface area contributed by atoms with Gasteiger partial charge in [0.2, 0.25) is 0 Å². The van der Waals surface area contributed by atoms with E-state index in [2.05, 4.69) is 119 Å². The van der Waals surface area contributed by atoms with Crippen LogP contribution in [0.3, 0.4) is 0 Å². The summed E-state index contributed by atoms with van der Waals surface area (Å²) in [6.45, 7) is 0. The highest BCUT2D eigenvalue weighted by Gasteiger charge is 2.48. The van der Waals surface area contributed by atoms with Gasteiger partial charge in [-0.3, -0.25) is 9.97 Å². The number of hydrogen-bond donors (Lipinski definition) is 0. The Morgan fingerprint density at radius 1 is 0.410 bits per heavy atom. The second kappa shape index (κ2) is 8.98. The zero-order valence-electron chi connectivity index (χ0n) is 20.9. The van der Waals surface area contributed by atoms with E-state index in [9.17, 15) is 0 Å². The molecule has 0 fully saturated rings. The van der Waals surface area contributed by atoms with Gasteiger partial charge in [0.15, 0.2) is 0 Å². The number of rotatable bonds is 2. The van der Waals surface area contributed by atoms with Gasteiger partial charge in [0.05, 0.1) is 16.8 Å². The molecule has 0 N–H and O–H groups in total. The van der Waals surface area contributed by atoms with E-state index in [0.717, 1.165) is 22.5 Å². The van der Waals surface area contributed by atoms with Crippen LogP contribution in [0.15, 0.2) is 153 Å². The highest BCUT2D eigenvalue weighted by molar-refractivity contribution is 8.00. The zero-order valence-corrected chi connectivity index (χ0v) is 22.5. The SMILES string of the molecule is c1ccc(-c2ccc3c(c2)Sc2ccccc2C32c3ccccc3Sc3cc(-c4ccccn4)ccc32)nc1. The lowest BCUT2D eigenvalue weighted by Crippen LogP contribution is -2.36. The van der Waals surface area contributed by atoms with Crippen molar-refractivity contribution < 1.29 is 0 Å². The van der Waals surface area contributed by atoms with Crippen LogP contribution in [0, 0.1) is 0 Å². The molecule has 8 rings (SSSR count). The minimum atomic E-state index is -0.417. The van der Waals surface area contributed by atoms with Crippen LogP contribution in [0.1, 0.15) is 22.3 Å². The number of aromatic nitrogens is 2. The summed E-state index contributed by atoms with van der Waals surface area (Å²) in [5.74, 6) is 0. The summed E-state index contributed by atoms with van der Waals surface area (Å²) in [5.41, 5.74) is 9.18. The summed E-state index contributed by atoms with van der Waals surface area (Å²) < 4.78 is 0. The van der Waals surface area contributed by atoms with Crippen molar-refractivity contribution in [3.05, 3.63) is 156 Å². The minimum absolute atomic E-state index is 0.417. The van der Waals surface area contributed by atoms with Crippen LogP contribution in [0.4, 0.5) is 0 Å². The number of nitrogens with zero attached hydrogens (tertiary/aromatic N) is 2. The molecule has 39 heavy (non-hydrogen) atoms. The molecule has 0 radical (unpaired) electrons. The maximum atomic E-state index is 4.64. The third-order valence-corrected chi connectivity index (χ3v) is 9.98. The van der Waals surface area contributed by atoms with Gasteiger partial charge in [-0.1, -0.05) is 96.3 Å². The zero-order chi connectivity index (χ0) is 25.8. The van der Waals surface area contributed by atoms with Gasteiger partial charge in [-0.2, -0.15) is 0 Å². The lowest BCUT2D eigenvalue weighted by Gasteiger charge is -2.45. The van der Waals surface area contributed by atoms with Crippen LogP contribution in [0.2, 0.25) is 0 Å². The number of hydrogen-bond acceptors (Lipinski definition) is 4. The Morgan fingerprint density at radius 2 is 0.846 bits per heavy atom. The molecule has 0 saturated carbocycles. The smallest absolute Gasteiger partial charge is 0.0745 e. The van der Waals surface area contributed by atoms with Gasteiger partial charge in [0, 0.05) is 43.1 Å². The molecule has 0 amide bonds. The first-order valence-electron chi connectivity index (χ1n) is 13.0. The van der Waals surface area contributed by atoms with Gasteiger partial charge < -0.3 is 0 Å². The number of benzene rings is 4. The van der Waals surface area contributed by atoms with E-state index in [4.69, 9.17) is 0 Å². The summed E-state index contributed by atoms with van der Waals surface area (Å²) in [4.78, 5) is 14.4. The maximum Gasteiger partial charge on any atom is 0.0745 e. The largest absolute Gasteiger partial charge is 0.256 e. The van der Waals surface area contributed by atoms with E-state index in [1.807, 2.05) is 48.1 Å². The Balaban J connectivity index is 1.44. The fourth-order valence-electron chi connectivity index (χ4n) is 6.06. The molecule has 0 bridgehead atoms. The third-order valence-electron chi connectivity index (χ3n) is 7.71. The van der Waals surface area contributed by atoms with Crippen molar-refractivity contribution in [3.63, 3.8) is 0 Å². The van der Waals surface area contributed by atoms with Crippen molar-refractivity contribution in [3.8, 4) is 22.5 Å². The monoisotopic (exact) mass is 534 g/mol. The van der Waals surface area contributed by atoms with E-state index < -0.39 is 5.41 Å². The topological polar surface area (TPSA) is 25.8 Å². The fourth-order valence-corrected chi connectivity index (χ4v) is 8.52. The predicted octanol–water partition coefficient (Wildman–Crippen LogP) is 9.12. The third kappa shape index (κ3) is 3.45. The van der Waals surface area contributed by atoms with E-state index in [1.165, 1.54) is 41.8 Å². The lowest BCUT2D eigenvalue weighted by atomic mass is 9.64. The second-order valence-corrected chi connectivity index (χ2v) is 12.0. The summed E-state index contributed by atoms with van der Waals surface area (Å²) in [6.07, 6.45) is 3.73. The van der Waals surface area contributed by atoms with Crippen molar-refractivity contribution >= 4 is 23.5 Å². The number of pyridine rings is 2. The molecule has 2 aliphatic heterocycles. The molecule has 4 aromatic carbocycles. The normalized spacial score (nSPS) is 14.2.